The van der Waals surface area contributed by atoms with Gasteiger partial charge in [0, 0.05) is 5.92 Å². The van der Waals surface area contributed by atoms with Crippen molar-refractivity contribution in [2.24, 2.45) is 0 Å². The van der Waals surface area contributed by atoms with Crippen LogP contribution in [0.15, 0.2) is 72.8 Å². The van der Waals surface area contributed by atoms with Gasteiger partial charge in [-0.1, -0.05) is 121 Å². The zero-order valence-electron chi connectivity index (χ0n) is 19.2. The van der Waals surface area contributed by atoms with Crippen molar-refractivity contribution in [3.8, 4) is 0 Å². The van der Waals surface area contributed by atoms with Gasteiger partial charge in [0.05, 0.1) is 0 Å². The first kappa shape index (κ1) is 21.4. The summed E-state index contributed by atoms with van der Waals surface area (Å²) < 4.78 is 0. The Balaban J connectivity index is 2.06. The number of rotatable bonds is 4. The lowest BCUT2D eigenvalue weighted by Crippen LogP contribution is -2.12. The average Bonchev–Trinajstić information content (AvgIpc) is 2.68. The first-order valence-electron chi connectivity index (χ1n) is 10.9. The normalized spacial score (nSPS) is 12.4. The quantitative estimate of drug-likeness (QED) is 0.399. The number of hydrogen-bond donors (Lipinski definition) is 0. The SMILES string of the molecule is CCc1ccc(C(c2ccc(C(C)(C)C)cc2)c2ccc(C(C)(C)C)cc2)cc1. The van der Waals surface area contributed by atoms with E-state index in [1.54, 1.807) is 0 Å². The zero-order chi connectivity index (χ0) is 21.2. The molecule has 0 aliphatic heterocycles. The molecule has 0 aromatic heterocycles. The first-order chi connectivity index (χ1) is 13.6. The average molecular weight is 385 g/mol. The number of benzene rings is 3. The molecule has 0 N–H and O–H groups in total. The Morgan fingerprint density at radius 2 is 0.828 bits per heavy atom. The molecule has 0 amide bonds. The summed E-state index contributed by atoms with van der Waals surface area (Å²) in [6.07, 6.45) is 1.07. The summed E-state index contributed by atoms with van der Waals surface area (Å²) in [6, 6.07) is 27.6. The highest BCUT2D eigenvalue weighted by atomic mass is 14.2. The van der Waals surface area contributed by atoms with Gasteiger partial charge in [-0.2, -0.15) is 0 Å². The molecule has 0 aliphatic carbocycles. The van der Waals surface area contributed by atoms with Gasteiger partial charge >= 0.3 is 0 Å². The Kier molecular flexibility index (Phi) is 6.03. The van der Waals surface area contributed by atoms with Gasteiger partial charge in [-0.05, 0) is 50.6 Å². The molecule has 0 bridgehead atoms. The fraction of sp³-hybridized carbons (Fsp3) is 0.379. The molecule has 0 heterocycles. The van der Waals surface area contributed by atoms with Crippen molar-refractivity contribution in [2.45, 2.75) is 71.6 Å². The summed E-state index contributed by atoms with van der Waals surface area (Å²) in [6.45, 7) is 15.8. The molecule has 0 aliphatic rings. The monoisotopic (exact) mass is 384 g/mol. The van der Waals surface area contributed by atoms with E-state index in [-0.39, 0.29) is 16.7 Å². The first-order valence-corrected chi connectivity index (χ1v) is 10.9. The van der Waals surface area contributed by atoms with Crippen LogP contribution in [-0.2, 0) is 17.3 Å². The number of hydrogen-bond acceptors (Lipinski definition) is 0. The van der Waals surface area contributed by atoms with Gasteiger partial charge in [-0.15, -0.1) is 0 Å². The van der Waals surface area contributed by atoms with E-state index in [1.165, 1.54) is 33.4 Å². The fourth-order valence-corrected chi connectivity index (χ4v) is 3.87. The van der Waals surface area contributed by atoms with Crippen LogP contribution in [0.2, 0.25) is 0 Å². The predicted octanol–water partition coefficient (Wildman–Crippen LogP) is 8.02. The summed E-state index contributed by atoms with van der Waals surface area (Å²) in [4.78, 5) is 0. The Morgan fingerprint density at radius 1 is 0.517 bits per heavy atom. The molecule has 0 spiro atoms. The van der Waals surface area contributed by atoms with Gasteiger partial charge < -0.3 is 0 Å². The highest BCUT2D eigenvalue weighted by Crippen LogP contribution is 2.35. The molecule has 3 aromatic carbocycles. The van der Waals surface area contributed by atoms with E-state index in [0.717, 1.165) is 6.42 Å². The standard InChI is InChI=1S/C29H36/c1-8-21-9-11-22(12-10-21)27(23-13-17-25(18-14-23)28(2,3)4)24-15-19-26(20-16-24)29(5,6)7/h9-20,27H,8H2,1-7H3. The van der Waals surface area contributed by atoms with Gasteiger partial charge in [-0.3, -0.25) is 0 Å². The largest absolute Gasteiger partial charge is 0.0613 e. The summed E-state index contributed by atoms with van der Waals surface area (Å²) in [5.74, 6) is 0.254. The van der Waals surface area contributed by atoms with Crippen molar-refractivity contribution in [3.63, 3.8) is 0 Å². The van der Waals surface area contributed by atoms with E-state index in [9.17, 15) is 0 Å². The Labute approximate surface area is 178 Å². The maximum absolute atomic E-state index is 2.32. The van der Waals surface area contributed by atoms with E-state index in [1.807, 2.05) is 0 Å². The molecule has 0 saturated heterocycles. The van der Waals surface area contributed by atoms with E-state index in [2.05, 4.69) is 121 Å². The topological polar surface area (TPSA) is 0 Å². The third kappa shape index (κ3) is 4.99. The van der Waals surface area contributed by atoms with Crippen LogP contribution in [0.1, 0.15) is 87.8 Å². The minimum Gasteiger partial charge on any atom is -0.0613 e. The lowest BCUT2D eigenvalue weighted by molar-refractivity contribution is 0.589. The van der Waals surface area contributed by atoms with Crippen LogP contribution >= 0.6 is 0 Å². The third-order valence-electron chi connectivity index (χ3n) is 5.94. The molecule has 0 unspecified atom stereocenters. The second-order valence-corrected chi connectivity index (χ2v) is 10.3. The summed E-state index contributed by atoms with van der Waals surface area (Å²) >= 11 is 0. The maximum Gasteiger partial charge on any atom is 0.0339 e. The van der Waals surface area contributed by atoms with Crippen molar-refractivity contribution >= 4 is 0 Å². The molecule has 0 saturated carbocycles. The molecule has 0 radical (unpaired) electrons. The lowest BCUT2D eigenvalue weighted by atomic mass is 9.80. The summed E-state index contributed by atoms with van der Waals surface area (Å²) in [7, 11) is 0. The van der Waals surface area contributed by atoms with E-state index in [4.69, 9.17) is 0 Å². The van der Waals surface area contributed by atoms with Crippen molar-refractivity contribution in [2.75, 3.05) is 0 Å². The van der Waals surface area contributed by atoms with Gasteiger partial charge in [0.15, 0.2) is 0 Å². The second kappa shape index (κ2) is 8.19. The molecule has 0 heteroatoms. The van der Waals surface area contributed by atoms with Crippen LogP contribution in [-0.4, -0.2) is 0 Å². The maximum atomic E-state index is 2.32. The smallest absolute Gasteiger partial charge is 0.0339 e. The molecule has 152 valence electrons. The van der Waals surface area contributed by atoms with Crippen LogP contribution < -0.4 is 0 Å². The van der Waals surface area contributed by atoms with Gasteiger partial charge in [0.25, 0.3) is 0 Å². The van der Waals surface area contributed by atoms with Crippen LogP contribution in [0.5, 0.6) is 0 Å². The minimum absolute atomic E-state index is 0.172. The van der Waals surface area contributed by atoms with E-state index < -0.39 is 0 Å². The zero-order valence-corrected chi connectivity index (χ0v) is 19.2. The van der Waals surface area contributed by atoms with Gasteiger partial charge in [0.2, 0.25) is 0 Å². The Bertz CT molecular complexity index is 854. The second-order valence-electron chi connectivity index (χ2n) is 10.3. The van der Waals surface area contributed by atoms with Crippen molar-refractivity contribution in [1.29, 1.82) is 0 Å². The molecular weight excluding hydrogens is 348 g/mol. The Morgan fingerprint density at radius 3 is 1.10 bits per heavy atom. The molecule has 0 fully saturated rings. The lowest BCUT2D eigenvalue weighted by Gasteiger charge is -2.24. The van der Waals surface area contributed by atoms with E-state index >= 15 is 0 Å². The van der Waals surface area contributed by atoms with E-state index in [0.29, 0.717) is 0 Å². The van der Waals surface area contributed by atoms with Gasteiger partial charge in [-0.25, -0.2) is 0 Å². The highest BCUT2D eigenvalue weighted by molar-refractivity contribution is 5.46. The van der Waals surface area contributed by atoms with Crippen LogP contribution in [0.3, 0.4) is 0 Å². The van der Waals surface area contributed by atoms with Crippen molar-refractivity contribution in [1.82, 2.24) is 0 Å². The van der Waals surface area contributed by atoms with Crippen molar-refractivity contribution < 1.29 is 0 Å². The molecule has 0 nitrogen and oxygen atoms in total. The predicted molar refractivity (Wildman–Crippen MR) is 127 cm³/mol. The molecule has 3 aromatic rings. The third-order valence-corrected chi connectivity index (χ3v) is 5.94. The molecule has 3 rings (SSSR count). The van der Waals surface area contributed by atoms with Crippen LogP contribution in [0.25, 0.3) is 0 Å². The van der Waals surface area contributed by atoms with Crippen molar-refractivity contribution in [3.05, 3.63) is 106 Å². The molecule has 29 heavy (non-hydrogen) atoms. The Hall–Kier alpha value is -2.34. The molecular formula is C29H36. The van der Waals surface area contributed by atoms with Crippen LogP contribution in [0, 0.1) is 0 Å². The fourth-order valence-electron chi connectivity index (χ4n) is 3.87. The number of aryl methyl sites for hydroxylation is 1. The summed E-state index contributed by atoms with van der Waals surface area (Å²) in [5, 5.41) is 0. The highest BCUT2D eigenvalue weighted by Gasteiger charge is 2.20. The minimum atomic E-state index is 0.172. The van der Waals surface area contributed by atoms with Crippen LogP contribution in [0.4, 0.5) is 0 Å². The van der Waals surface area contributed by atoms with Gasteiger partial charge in [0.1, 0.15) is 0 Å². The summed E-state index contributed by atoms with van der Waals surface area (Å²) in [5.41, 5.74) is 8.55. The molecule has 0 atom stereocenters.